The van der Waals surface area contributed by atoms with E-state index in [1.165, 1.54) is 0 Å². The van der Waals surface area contributed by atoms with Gasteiger partial charge < -0.3 is 5.32 Å². The van der Waals surface area contributed by atoms with Crippen molar-refractivity contribution in [3.8, 4) is 0 Å². The molecule has 2 amide bonds. The molecule has 2 rings (SSSR count). The third-order valence-corrected chi connectivity index (χ3v) is 3.75. The van der Waals surface area contributed by atoms with Crippen LogP contribution in [0.15, 0.2) is 53.0 Å². The first-order chi connectivity index (χ1) is 9.08. The zero-order valence-corrected chi connectivity index (χ0v) is 12.4. The summed E-state index contributed by atoms with van der Waals surface area (Å²) >= 11 is 3.44. The van der Waals surface area contributed by atoms with E-state index in [4.69, 9.17) is 0 Å². The zero-order valence-electron chi connectivity index (χ0n) is 10.9. The largest absolute Gasteiger partial charge is 0.326 e. The minimum atomic E-state index is -0.159. The number of halogens is 1. The summed E-state index contributed by atoms with van der Waals surface area (Å²) in [6.45, 7) is 1.99. The second kappa shape index (κ2) is 5.89. The summed E-state index contributed by atoms with van der Waals surface area (Å²) < 4.78 is 1.03. The van der Waals surface area contributed by atoms with Crippen LogP contribution in [0.1, 0.15) is 5.56 Å². The van der Waals surface area contributed by atoms with Gasteiger partial charge in [-0.05, 0) is 42.8 Å². The number of nitrogens with zero attached hydrogens (tertiary/aromatic N) is 1. The second-order valence-electron chi connectivity index (χ2n) is 4.29. The van der Waals surface area contributed by atoms with Gasteiger partial charge in [0.1, 0.15) is 0 Å². The third kappa shape index (κ3) is 3.35. The number of urea groups is 1. The van der Waals surface area contributed by atoms with Crippen LogP contribution in [-0.4, -0.2) is 13.1 Å². The van der Waals surface area contributed by atoms with E-state index in [-0.39, 0.29) is 6.03 Å². The van der Waals surface area contributed by atoms with Crippen molar-refractivity contribution in [1.29, 1.82) is 0 Å². The number of hydrogen-bond donors (Lipinski definition) is 1. The van der Waals surface area contributed by atoms with Crippen molar-refractivity contribution in [3.63, 3.8) is 0 Å². The number of rotatable bonds is 2. The summed E-state index contributed by atoms with van der Waals surface area (Å²) in [4.78, 5) is 13.7. The molecule has 0 aromatic heterocycles. The van der Waals surface area contributed by atoms with Gasteiger partial charge in [-0.15, -0.1) is 0 Å². The SMILES string of the molecule is Cc1cc(NC(=O)N(C)c2ccccc2)ccc1Br. The van der Waals surface area contributed by atoms with Gasteiger partial charge in [0.2, 0.25) is 0 Å². The lowest BCUT2D eigenvalue weighted by atomic mass is 10.2. The average molecular weight is 319 g/mol. The molecule has 0 heterocycles. The van der Waals surface area contributed by atoms with Crippen molar-refractivity contribution in [2.24, 2.45) is 0 Å². The van der Waals surface area contributed by atoms with E-state index in [1.54, 1.807) is 11.9 Å². The molecule has 0 aliphatic rings. The Balaban J connectivity index is 2.10. The average Bonchev–Trinajstić information content (AvgIpc) is 2.43. The lowest BCUT2D eigenvalue weighted by Crippen LogP contribution is -2.31. The van der Waals surface area contributed by atoms with E-state index in [0.29, 0.717) is 0 Å². The number of aryl methyl sites for hydroxylation is 1. The van der Waals surface area contributed by atoms with E-state index >= 15 is 0 Å². The van der Waals surface area contributed by atoms with Crippen molar-refractivity contribution < 1.29 is 4.79 Å². The Kier molecular flexibility index (Phi) is 4.22. The van der Waals surface area contributed by atoms with E-state index in [2.05, 4.69) is 21.2 Å². The van der Waals surface area contributed by atoms with E-state index in [0.717, 1.165) is 21.4 Å². The Morgan fingerprint density at radius 3 is 2.47 bits per heavy atom. The van der Waals surface area contributed by atoms with Gasteiger partial charge in [-0.2, -0.15) is 0 Å². The van der Waals surface area contributed by atoms with Crippen molar-refractivity contribution >= 4 is 33.3 Å². The minimum absolute atomic E-state index is 0.159. The highest BCUT2D eigenvalue weighted by Crippen LogP contribution is 2.20. The van der Waals surface area contributed by atoms with Crippen molar-refractivity contribution in [3.05, 3.63) is 58.6 Å². The van der Waals surface area contributed by atoms with Gasteiger partial charge >= 0.3 is 6.03 Å². The fraction of sp³-hybridized carbons (Fsp3) is 0.133. The Hall–Kier alpha value is -1.81. The molecule has 4 heteroatoms. The maximum absolute atomic E-state index is 12.1. The summed E-state index contributed by atoms with van der Waals surface area (Å²) in [5.74, 6) is 0. The molecule has 0 aliphatic carbocycles. The standard InChI is InChI=1S/C15H15BrN2O/c1-11-10-12(8-9-14(11)16)17-15(19)18(2)13-6-4-3-5-7-13/h3-10H,1-2H3,(H,17,19). The Morgan fingerprint density at radius 1 is 1.16 bits per heavy atom. The van der Waals surface area contributed by atoms with Gasteiger partial charge in [-0.1, -0.05) is 34.1 Å². The van der Waals surface area contributed by atoms with Gasteiger partial charge in [-0.3, -0.25) is 4.90 Å². The van der Waals surface area contributed by atoms with Gasteiger partial charge in [0, 0.05) is 22.9 Å². The first-order valence-corrected chi connectivity index (χ1v) is 6.73. The number of carbonyl (C=O) groups excluding carboxylic acids is 1. The number of benzene rings is 2. The normalized spacial score (nSPS) is 10.1. The molecule has 2 aromatic rings. The quantitative estimate of drug-likeness (QED) is 0.873. The van der Waals surface area contributed by atoms with Crippen molar-refractivity contribution in [2.75, 3.05) is 17.3 Å². The number of carbonyl (C=O) groups is 1. The first-order valence-electron chi connectivity index (χ1n) is 5.94. The van der Waals surface area contributed by atoms with Crippen LogP contribution in [0.4, 0.5) is 16.2 Å². The molecule has 1 N–H and O–H groups in total. The van der Waals surface area contributed by atoms with Gasteiger partial charge in [0.05, 0.1) is 0 Å². The molecule has 0 fully saturated rings. The number of amides is 2. The fourth-order valence-electron chi connectivity index (χ4n) is 1.70. The van der Waals surface area contributed by atoms with Crippen LogP contribution in [0.25, 0.3) is 0 Å². The second-order valence-corrected chi connectivity index (χ2v) is 5.14. The van der Waals surface area contributed by atoms with Gasteiger partial charge in [0.15, 0.2) is 0 Å². The highest BCUT2D eigenvalue weighted by atomic mass is 79.9. The highest BCUT2D eigenvalue weighted by molar-refractivity contribution is 9.10. The zero-order chi connectivity index (χ0) is 13.8. The van der Waals surface area contributed by atoms with Gasteiger partial charge in [0.25, 0.3) is 0 Å². The highest BCUT2D eigenvalue weighted by Gasteiger charge is 2.10. The number of nitrogens with one attached hydrogen (secondary N) is 1. The molecule has 0 radical (unpaired) electrons. The van der Waals surface area contributed by atoms with E-state index < -0.39 is 0 Å². The maximum atomic E-state index is 12.1. The van der Waals surface area contributed by atoms with E-state index in [1.807, 2.05) is 55.5 Å². The predicted octanol–water partition coefficient (Wildman–Crippen LogP) is 4.43. The molecule has 3 nitrogen and oxygen atoms in total. The third-order valence-electron chi connectivity index (χ3n) is 2.86. The number of anilines is 2. The van der Waals surface area contributed by atoms with Crippen LogP contribution in [-0.2, 0) is 0 Å². The summed E-state index contributed by atoms with van der Waals surface area (Å²) in [7, 11) is 1.75. The summed E-state index contributed by atoms with van der Waals surface area (Å²) in [5, 5.41) is 2.87. The topological polar surface area (TPSA) is 32.3 Å². The van der Waals surface area contributed by atoms with Crippen LogP contribution in [0.5, 0.6) is 0 Å². The van der Waals surface area contributed by atoms with Gasteiger partial charge in [-0.25, -0.2) is 4.79 Å². The molecule has 98 valence electrons. The van der Waals surface area contributed by atoms with Crippen LogP contribution in [0, 0.1) is 6.92 Å². The summed E-state index contributed by atoms with van der Waals surface area (Å²) in [5.41, 5.74) is 2.72. The predicted molar refractivity (Wildman–Crippen MR) is 82.7 cm³/mol. The molecule has 2 aromatic carbocycles. The van der Waals surface area contributed by atoms with Crippen molar-refractivity contribution in [2.45, 2.75) is 6.92 Å². The molecule has 0 spiro atoms. The van der Waals surface area contributed by atoms with Crippen molar-refractivity contribution in [1.82, 2.24) is 0 Å². The maximum Gasteiger partial charge on any atom is 0.326 e. The lowest BCUT2D eigenvalue weighted by molar-refractivity contribution is 0.258. The molecule has 0 unspecified atom stereocenters. The number of hydrogen-bond acceptors (Lipinski definition) is 1. The lowest BCUT2D eigenvalue weighted by Gasteiger charge is -2.18. The van der Waals surface area contributed by atoms with E-state index in [9.17, 15) is 4.79 Å². The fourth-order valence-corrected chi connectivity index (χ4v) is 1.95. The number of para-hydroxylation sites is 1. The molecule has 0 saturated heterocycles. The molecular weight excluding hydrogens is 304 g/mol. The molecular formula is C15H15BrN2O. The van der Waals surface area contributed by atoms with Crippen LogP contribution in [0.3, 0.4) is 0 Å². The Morgan fingerprint density at radius 2 is 1.84 bits per heavy atom. The monoisotopic (exact) mass is 318 g/mol. The molecule has 0 aliphatic heterocycles. The molecule has 0 saturated carbocycles. The summed E-state index contributed by atoms with van der Waals surface area (Å²) in [6.07, 6.45) is 0. The van der Waals surface area contributed by atoms with Crippen LogP contribution >= 0.6 is 15.9 Å². The molecule has 19 heavy (non-hydrogen) atoms. The first kappa shape index (κ1) is 13.6. The molecule has 0 atom stereocenters. The molecule has 0 bridgehead atoms. The van der Waals surface area contributed by atoms with Crippen LogP contribution in [0.2, 0.25) is 0 Å². The Labute approximate surface area is 121 Å². The smallest absolute Gasteiger partial charge is 0.308 e. The minimum Gasteiger partial charge on any atom is -0.308 e. The summed E-state index contributed by atoms with van der Waals surface area (Å²) in [6, 6.07) is 15.1. The Bertz CT molecular complexity index is 584. The van der Waals surface area contributed by atoms with Crippen LogP contribution < -0.4 is 10.2 Å².